The maximum Gasteiger partial charge on any atom is 0.153 e. The Bertz CT molecular complexity index is 44.8. The minimum atomic E-state index is -0.895. The second kappa shape index (κ2) is 1.79. The van der Waals surface area contributed by atoms with Crippen molar-refractivity contribution in [3.05, 3.63) is 0 Å². The molecule has 4 heteroatoms. The molecular formula is C2H5NO2S. The van der Waals surface area contributed by atoms with E-state index in [4.69, 9.17) is 0 Å². The van der Waals surface area contributed by atoms with Gasteiger partial charge in [0.25, 0.3) is 0 Å². The lowest BCUT2D eigenvalue weighted by atomic mass is 10.9. The molecule has 0 spiro atoms. The van der Waals surface area contributed by atoms with Crippen LogP contribution in [0, 0.1) is 0 Å². The van der Waals surface area contributed by atoms with E-state index < -0.39 is 11.4 Å². The predicted molar refractivity (Wildman–Crippen MR) is 22.1 cm³/mol. The average Bonchev–Trinajstić information content (AvgIpc) is 1.86. The first-order chi connectivity index (χ1) is 2.89. The van der Waals surface area contributed by atoms with E-state index in [2.05, 4.69) is 9.72 Å². The predicted octanol–water partition coefficient (Wildman–Crippen LogP) is -0.815. The molecule has 1 rings (SSSR count). The molecule has 0 aromatic heterocycles. The third-order valence-corrected chi connectivity index (χ3v) is 1.36. The Morgan fingerprint density at radius 3 is 2.83 bits per heavy atom. The first kappa shape index (κ1) is 4.39. The minimum Gasteiger partial charge on any atom is -0.596 e. The SMILES string of the molecule is [O-][S@@+]1CCON1. The van der Waals surface area contributed by atoms with Crippen molar-refractivity contribution in [1.82, 2.24) is 4.89 Å². The molecule has 0 aromatic rings. The topological polar surface area (TPSA) is 44.3 Å². The Labute approximate surface area is 38.9 Å². The molecule has 1 N–H and O–H groups in total. The van der Waals surface area contributed by atoms with Crippen molar-refractivity contribution in [3.63, 3.8) is 0 Å². The molecule has 0 aromatic carbocycles. The van der Waals surface area contributed by atoms with E-state index in [1.165, 1.54) is 0 Å². The fourth-order valence-corrected chi connectivity index (χ4v) is 0.799. The number of hydrogen-bond donors (Lipinski definition) is 1. The van der Waals surface area contributed by atoms with Gasteiger partial charge in [0.15, 0.2) is 5.75 Å². The molecule has 1 fully saturated rings. The molecular weight excluding hydrogens is 102 g/mol. The first-order valence-corrected chi connectivity index (χ1v) is 2.97. The highest BCUT2D eigenvalue weighted by atomic mass is 32.2. The highest BCUT2D eigenvalue weighted by molar-refractivity contribution is 7.89. The van der Waals surface area contributed by atoms with Gasteiger partial charge in [-0.1, -0.05) is 0 Å². The van der Waals surface area contributed by atoms with Crippen LogP contribution >= 0.6 is 0 Å². The molecule has 0 bridgehead atoms. The third-order valence-electron chi connectivity index (χ3n) is 0.523. The lowest BCUT2D eigenvalue weighted by Gasteiger charge is -1.93. The summed E-state index contributed by atoms with van der Waals surface area (Å²) in [6.07, 6.45) is 0. The van der Waals surface area contributed by atoms with Gasteiger partial charge in [-0.2, -0.15) is 0 Å². The van der Waals surface area contributed by atoms with E-state index in [9.17, 15) is 4.55 Å². The summed E-state index contributed by atoms with van der Waals surface area (Å²) in [5.74, 6) is 0.625. The van der Waals surface area contributed by atoms with E-state index in [1.807, 2.05) is 0 Å². The summed E-state index contributed by atoms with van der Waals surface area (Å²) in [5.41, 5.74) is 0. The summed E-state index contributed by atoms with van der Waals surface area (Å²) in [6, 6.07) is 0. The molecule has 1 aliphatic heterocycles. The van der Waals surface area contributed by atoms with Crippen molar-refractivity contribution in [2.45, 2.75) is 0 Å². The Kier molecular flexibility index (Phi) is 1.31. The van der Waals surface area contributed by atoms with Crippen LogP contribution in [0.25, 0.3) is 0 Å². The standard InChI is InChI=1S/C2H5NO2S/c4-6-2-1-5-3-6/h3H,1-2H2/t6-/m0/s1. The van der Waals surface area contributed by atoms with Crippen molar-refractivity contribution in [2.24, 2.45) is 0 Å². The quantitative estimate of drug-likeness (QED) is 0.411. The van der Waals surface area contributed by atoms with Crippen LogP contribution in [-0.4, -0.2) is 16.9 Å². The summed E-state index contributed by atoms with van der Waals surface area (Å²) in [5, 5.41) is 0. The molecule has 1 heterocycles. The van der Waals surface area contributed by atoms with Gasteiger partial charge in [-0.25, -0.2) is 0 Å². The van der Waals surface area contributed by atoms with Crippen LogP contribution in [-0.2, 0) is 16.2 Å². The van der Waals surface area contributed by atoms with Crippen LogP contribution in [0.2, 0.25) is 0 Å². The molecule has 0 radical (unpaired) electrons. The smallest absolute Gasteiger partial charge is 0.153 e. The minimum absolute atomic E-state index is 0.576. The highest BCUT2D eigenvalue weighted by Crippen LogP contribution is 1.91. The second-order valence-corrected chi connectivity index (χ2v) is 2.25. The summed E-state index contributed by atoms with van der Waals surface area (Å²) >= 11 is -0.895. The largest absolute Gasteiger partial charge is 0.596 e. The van der Waals surface area contributed by atoms with Gasteiger partial charge in [0.05, 0.1) is 11.4 Å². The molecule has 6 heavy (non-hydrogen) atoms. The lowest BCUT2D eigenvalue weighted by molar-refractivity contribution is 0.129. The number of hydrogen-bond acceptors (Lipinski definition) is 3. The van der Waals surface area contributed by atoms with E-state index >= 15 is 0 Å². The zero-order valence-electron chi connectivity index (χ0n) is 3.14. The van der Waals surface area contributed by atoms with Gasteiger partial charge in [0.2, 0.25) is 0 Å². The summed E-state index contributed by atoms with van der Waals surface area (Å²) < 4.78 is 10.1. The van der Waals surface area contributed by atoms with E-state index in [-0.39, 0.29) is 0 Å². The second-order valence-electron chi connectivity index (χ2n) is 0.981. The lowest BCUT2D eigenvalue weighted by Crippen LogP contribution is -2.13. The molecule has 0 unspecified atom stereocenters. The molecule has 36 valence electrons. The van der Waals surface area contributed by atoms with Crippen LogP contribution in [0.4, 0.5) is 0 Å². The number of rotatable bonds is 0. The van der Waals surface area contributed by atoms with E-state index in [0.717, 1.165) is 0 Å². The van der Waals surface area contributed by atoms with Gasteiger partial charge in [-0.3, -0.25) is 4.84 Å². The Balaban J connectivity index is 2.18. The van der Waals surface area contributed by atoms with Crippen molar-refractivity contribution in [3.8, 4) is 0 Å². The van der Waals surface area contributed by atoms with Crippen LogP contribution in [0.15, 0.2) is 0 Å². The molecule has 1 atom stereocenters. The van der Waals surface area contributed by atoms with Gasteiger partial charge < -0.3 is 4.55 Å². The van der Waals surface area contributed by atoms with Crippen LogP contribution in [0.3, 0.4) is 0 Å². The van der Waals surface area contributed by atoms with Gasteiger partial charge in [-0.05, 0) is 4.89 Å². The monoisotopic (exact) mass is 107 g/mol. The zero-order valence-corrected chi connectivity index (χ0v) is 3.96. The Hall–Kier alpha value is 0.230. The van der Waals surface area contributed by atoms with Crippen molar-refractivity contribution in [1.29, 1.82) is 0 Å². The molecule has 0 aliphatic carbocycles. The Morgan fingerprint density at radius 2 is 2.67 bits per heavy atom. The van der Waals surface area contributed by atoms with Gasteiger partial charge >= 0.3 is 0 Å². The van der Waals surface area contributed by atoms with Gasteiger partial charge in [-0.15, -0.1) is 0 Å². The molecule has 1 aliphatic rings. The summed E-state index contributed by atoms with van der Waals surface area (Å²) in [7, 11) is 0. The van der Waals surface area contributed by atoms with Crippen molar-refractivity contribution in [2.75, 3.05) is 12.4 Å². The normalized spacial score (nSPS) is 34.5. The van der Waals surface area contributed by atoms with Crippen LogP contribution < -0.4 is 4.89 Å². The molecule has 3 nitrogen and oxygen atoms in total. The average molecular weight is 107 g/mol. The van der Waals surface area contributed by atoms with Crippen LogP contribution in [0.1, 0.15) is 0 Å². The fraction of sp³-hybridized carbons (Fsp3) is 1.00. The molecule has 0 saturated carbocycles. The summed E-state index contributed by atoms with van der Waals surface area (Å²) in [4.78, 5) is 6.80. The first-order valence-electron chi connectivity index (χ1n) is 1.65. The van der Waals surface area contributed by atoms with Crippen molar-refractivity contribution < 1.29 is 9.39 Å². The van der Waals surface area contributed by atoms with E-state index in [1.54, 1.807) is 0 Å². The summed E-state index contributed by atoms with van der Waals surface area (Å²) in [6.45, 7) is 0.576. The molecule has 1 saturated heterocycles. The number of nitrogens with one attached hydrogen (secondary N) is 1. The highest BCUT2D eigenvalue weighted by Gasteiger charge is 2.12. The van der Waals surface area contributed by atoms with Gasteiger partial charge in [0, 0.05) is 0 Å². The third kappa shape index (κ3) is 0.844. The zero-order chi connectivity index (χ0) is 4.41. The maximum atomic E-state index is 10.1. The molecule has 0 amide bonds. The van der Waals surface area contributed by atoms with Gasteiger partial charge in [0.1, 0.15) is 6.61 Å². The Morgan fingerprint density at radius 1 is 1.83 bits per heavy atom. The fourth-order valence-electron chi connectivity index (χ4n) is 0.266. The van der Waals surface area contributed by atoms with Crippen molar-refractivity contribution >= 4 is 11.4 Å². The van der Waals surface area contributed by atoms with Crippen LogP contribution in [0.5, 0.6) is 0 Å². The van der Waals surface area contributed by atoms with E-state index in [0.29, 0.717) is 12.4 Å². The maximum absolute atomic E-state index is 10.1.